The Labute approximate surface area is 156 Å². The second-order valence-corrected chi connectivity index (χ2v) is 7.22. The zero-order valence-corrected chi connectivity index (χ0v) is 15.7. The molecule has 1 aromatic carbocycles. The number of hydrogen-bond donors (Lipinski definition) is 2. The number of carbonyl (C=O) groups is 1. The minimum atomic E-state index is 0.0375. The van der Waals surface area contributed by atoms with Crippen molar-refractivity contribution in [3.8, 4) is 0 Å². The summed E-state index contributed by atoms with van der Waals surface area (Å²) in [4.78, 5) is 19.0. The molecule has 1 amide bonds. The Kier molecular flexibility index (Phi) is 6.50. The quantitative estimate of drug-likeness (QED) is 0.601. The number of rotatable bonds is 6. The van der Waals surface area contributed by atoms with Crippen LogP contribution >= 0.6 is 0 Å². The van der Waals surface area contributed by atoms with Crippen molar-refractivity contribution >= 4 is 11.9 Å². The van der Waals surface area contributed by atoms with Crippen LogP contribution in [-0.4, -0.2) is 56.2 Å². The molecule has 2 saturated heterocycles. The first-order valence-corrected chi connectivity index (χ1v) is 9.62. The zero-order chi connectivity index (χ0) is 18.2. The van der Waals surface area contributed by atoms with Crippen molar-refractivity contribution < 1.29 is 9.53 Å². The Balaban J connectivity index is 1.46. The van der Waals surface area contributed by atoms with Gasteiger partial charge < -0.3 is 20.3 Å². The smallest absolute Gasteiger partial charge is 0.222 e. The van der Waals surface area contributed by atoms with Crippen LogP contribution in [-0.2, 0) is 16.1 Å². The van der Waals surface area contributed by atoms with Gasteiger partial charge in [0.2, 0.25) is 5.91 Å². The summed E-state index contributed by atoms with van der Waals surface area (Å²) >= 11 is 0. The van der Waals surface area contributed by atoms with E-state index in [1.165, 1.54) is 0 Å². The molecular formula is C20H30N4O2. The molecule has 1 spiro atoms. The molecule has 2 fully saturated rings. The summed E-state index contributed by atoms with van der Waals surface area (Å²) in [6.45, 7) is 7.73. The number of guanidine groups is 1. The fourth-order valence-corrected chi connectivity index (χ4v) is 3.66. The van der Waals surface area contributed by atoms with Crippen LogP contribution in [0.4, 0.5) is 0 Å². The van der Waals surface area contributed by atoms with E-state index in [4.69, 9.17) is 4.74 Å². The van der Waals surface area contributed by atoms with Gasteiger partial charge in [0.05, 0.1) is 13.2 Å². The minimum absolute atomic E-state index is 0.0375. The van der Waals surface area contributed by atoms with E-state index in [2.05, 4.69) is 27.4 Å². The number of nitrogens with one attached hydrogen (secondary N) is 2. The molecule has 2 aliphatic rings. The predicted octanol–water partition coefficient (Wildman–Crippen LogP) is 1.77. The summed E-state index contributed by atoms with van der Waals surface area (Å²) in [5, 5.41) is 6.32. The van der Waals surface area contributed by atoms with Crippen molar-refractivity contribution in [1.82, 2.24) is 15.5 Å². The molecule has 1 unspecified atom stereocenters. The van der Waals surface area contributed by atoms with Gasteiger partial charge in [-0.2, -0.15) is 0 Å². The lowest BCUT2D eigenvalue weighted by molar-refractivity contribution is -0.121. The van der Waals surface area contributed by atoms with Crippen LogP contribution in [0.5, 0.6) is 0 Å². The van der Waals surface area contributed by atoms with Crippen LogP contribution in [0.1, 0.15) is 31.7 Å². The summed E-state index contributed by atoms with van der Waals surface area (Å²) in [6, 6.07) is 9.96. The van der Waals surface area contributed by atoms with Gasteiger partial charge in [-0.1, -0.05) is 30.3 Å². The van der Waals surface area contributed by atoms with Gasteiger partial charge in [0, 0.05) is 44.6 Å². The van der Waals surface area contributed by atoms with E-state index in [-0.39, 0.29) is 5.91 Å². The van der Waals surface area contributed by atoms with E-state index in [9.17, 15) is 4.79 Å². The van der Waals surface area contributed by atoms with E-state index in [0.717, 1.165) is 57.2 Å². The average Bonchev–Trinajstić information content (AvgIpc) is 3.30. The summed E-state index contributed by atoms with van der Waals surface area (Å²) in [6.07, 6.45) is 2.71. The van der Waals surface area contributed by atoms with Crippen molar-refractivity contribution in [1.29, 1.82) is 0 Å². The lowest BCUT2D eigenvalue weighted by Crippen LogP contribution is -2.41. The van der Waals surface area contributed by atoms with Crippen molar-refractivity contribution in [3.05, 3.63) is 35.9 Å². The van der Waals surface area contributed by atoms with Crippen molar-refractivity contribution in [2.24, 2.45) is 10.4 Å². The lowest BCUT2D eigenvalue weighted by Gasteiger charge is -2.24. The Bertz CT molecular complexity index is 611. The van der Waals surface area contributed by atoms with Crippen LogP contribution < -0.4 is 10.6 Å². The number of ether oxygens (including phenoxy) is 1. The Morgan fingerprint density at radius 2 is 2.12 bits per heavy atom. The maximum atomic E-state index is 12.1. The van der Waals surface area contributed by atoms with E-state index < -0.39 is 0 Å². The first-order valence-electron chi connectivity index (χ1n) is 9.62. The first-order chi connectivity index (χ1) is 12.7. The molecule has 0 radical (unpaired) electrons. The van der Waals surface area contributed by atoms with Gasteiger partial charge in [-0.05, 0) is 25.3 Å². The number of carbonyl (C=O) groups excluding carboxylic acids is 1. The highest BCUT2D eigenvalue weighted by Crippen LogP contribution is 2.38. The number of nitrogens with zero attached hydrogens (tertiary/aromatic N) is 2. The normalized spacial score (nSPS) is 22.8. The molecule has 0 aromatic heterocycles. The highest BCUT2D eigenvalue weighted by Gasteiger charge is 2.42. The molecule has 2 heterocycles. The van der Waals surface area contributed by atoms with Crippen LogP contribution in [0.25, 0.3) is 0 Å². The van der Waals surface area contributed by atoms with Gasteiger partial charge in [-0.25, -0.2) is 0 Å². The van der Waals surface area contributed by atoms with Crippen LogP contribution in [0, 0.1) is 5.41 Å². The molecule has 1 aromatic rings. The summed E-state index contributed by atoms with van der Waals surface area (Å²) < 4.78 is 5.61. The largest absolute Gasteiger partial charge is 0.381 e. The number of aliphatic imine (C=N–C) groups is 1. The Morgan fingerprint density at radius 3 is 2.85 bits per heavy atom. The highest BCUT2D eigenvalue weighted by molar-refractivity contribution is 5.81. The van der Waals surface area contributed by atoms with Crippen LogP contribution in [0.15, 0.2) is 35.3 Å². The second kappa shape index (κ2) is 9.03. The van der Waals surface area contributed by atoms with Gasteiger partial charge in [0.25, 0.3) is 0 Å². The third kappa shape index (κ3) is 4.97. The summed E-state index contributed by atoms with van der Waals surface area (Å²) in [7, 11) is 0. The van der Waals surface area contributed by atoms with Crippen LogP contribution in [0.2, 0.25) is 0 Å². The third-order valence-electron chi connectivity index (χ3n) is 5.19. The molecule has 3 rings (SSSR count). The Hall–Kier alpha value is -2.08. The summed E-state index contributed by atoms with van der Waals surface area (Å²) in [5.74, 6) is 0.961. The topological polar surface area (TPSA) is 66.0 Å². The van der Waals surface area contributed by atoms with E-state index in [1.54, 1.807) is 0 Å². The zero-order valence-electron chi connectivity index (χ0n) is 15.7. The van der Waals surface area contributed by atoms with Gasteiger partial charge in [-0.15, -0.1) is 0 Å². The molecule has 1 atom stereocenters. The van der Waals surface area contributed by atoms with Gasteiger partial charge in [0.1, 0.15) is 0 Å². The molecule has 0 bridgehead atoms. The number of benzene rings is 1. The van der Waals surface area contributed by atoms with Gasteiger partial charge >= 0.3 is 0 Å². The molecule has 2 aliphatic heterocycles. The molecular weight excluding hydrogens is 328 g/mol. The van der Waals surface area contributed by atoms with E-state index >= 15 is 0 Å². The fourth-order valence-electron chi connectivity index (χ4n) is 3.66. The molecule has 26 heavy (non-hydrogen) atoms. The number of hydrogen-bond acceptors (Lipinski definition) is 3. The SMILES string of the molecule is CCNC(=NCCC(=O)NCc1ccccc1)N1CCC2(CCOC2)C1. The highest BCUT2D eigenvalue weighted by atomic mass is 16.5. The number of likely N-dealkylation sites (tertiary alicyclic amines) is 1. The van der Waals surface area contributed by atoms with Crippen molar-refractivity contribution in [3.63, 3.8) is 0 Å². The van der Waals surface area contributed by atoms with E-state index in [1.807, 2.05) is 30.3 Å². The lowest BCUT2D eigenvalue weighted by atomic mass is 9.87. The summed E-state index contributed by atoms with van der Waals surface area (Å²) in [5.41, 5.74) is 1.42. The fraction of sp³-hybridized carbons (Fsp3) is 0.600. The van der Waals surface area contributed by atoms with Gasteiger partial charge in [0.15, 0.2) is 5.96 Å². The van der Waals surface area contributed by atoms with Crippen molar-refractivity contribution in [2.45, 2.75) is 32.7 Å². The van der Waals surface area contributed by atoms with Crippen molar-refractivity contribution in [2.75, 3.05) is 39.4 Å². The standard InChI is InChI=1S/C20H30N4O2/c1-2-21-19(24-12-9-20(15-24)10-13-26-16-20)22-11-8-18(25)23-14-17-6-4-3-5-7-17/h3-7H,2,8-16H2,1H3,(H,21,22)(H,23,25). The average molecular weight is 358 g/mol. The van der Waals surface area contributed by atoms with Crippen LogP contribution in [0.3, 0.4) is 0 Å². The maximum absolute atomic E-state index is 12.1. The molecule has 142 valence electrons. The molecule has 2 N–H and O–H groups in total. The van der Waals surface area contributed by atoms with Gasteiger partial charge in [-0.3, -0.25) is 9.79 Å². The minimum Gasteiger partial charge on any atom is -0.381 e. The number of amides is 1. The predicted molar refractivity (Wildman–Crippen MR) is 103 cm³/mol. The molecule has 0 aliphatic carbocycles. The molecule has 6 nitrogen and oxygen atoms in total. The third-order valence-corrected chi connectivity index (χ3v) is 5.19. The molecule has 0 saturated carbocycles. The monoisotopic (exact) mass is 358 g/mol. The Morgan fingerprint density at radius 1 is 1.27 bits per heavy atom. The first kappa shape index (κ1) is 18.7. The van der Waals surface area contributed by atoms with E-state index in [0.29, 0.717) is 24.9 Å². The second-order valence-electron chi connectivity index (χ2n) is 7.22. The maximum Gasteiger partial charge on any atom is 0.222 e. The molecule has 6 heteroatoms.